The minimum atomic E-state index is -0.406. The quantitative estimate of drug-likeness (QED) is 0.358. The molecule has 0 saturated carbocycles. The summed E-state index contributed by atoms with van der Waals surface area (Å²) in [6.07, 6.45) is 0. The summed E-state index contributed by atoms with van der Waals surface area (Å²) < 4.78 is 0. The Morgan fingerprint density at radius 3 is 2.67 bits per heavy atom. The minimum Gasteiger partial charge on any atom is -0.306 e. The Morgan fingerprint density at radius 2 is 2.33 bits per heavy atom. The van der Waals surface area contributed by atoms with E-state index in [9.17, 15) is 4.79 Å². The molecule has 1 atom stereocenters. The van der Waals surface area contributed by atoms with E-state index in [-0.39, 0.29) is 6.04 Å². The molecule has 1 amide bonds. The summed E-state index contributed by atoms with van der Waals surface area (Å²) in [7, 11) is 0. The SMILES string of the molecule is CCN[C@@H](C)C(=O)NO. The van der Waals surface area contributed by atoms with Crippen LogP contribution in [0, 0.1) is 0 Å². The number of hydrogen-bond donors (Lipinski definition) is 3. The molecule has 3 N–H and O–H groups in total. The Hall–Kier alpha value is -0.610. The maximum Gasteiger partial charge on any atom is 0.260 e. The monoisotopic (exact) mass is 132 g/mol. The standard InChI is InChI=1S/C5H12N2O2/c1-3-6-4(2)5(8)7-9/h4,6,9H,3H2,1-2H3,(H,7,8)/t4-/m0/s1. The van der Waals surface area contributed by atoms with E-state index in [1.165, 1.54) is 0 Å². The molecule has 0 heterocycles. The van der Waals surface area contributed by atoms with Gasteiger partial charge in [0.15, 0.2) is 0 Å². The first kappa shape index (κ1) is 8.39. The third-order valence-electron chi connectivity index (χ3n) is 1.01. The number of likely N-dealkylation sites (N-methyl/N-ethyl adjacent to an activating group) is 1. The van der Waals surface area contributed by atoms with Crippen molar-refractivity contribution in [1.29, 1.82) is 0 Å². The molecule has 0 aliphatic carbocycles. The third-order valence-corrected chi connectivity index (χ3v) is 1.01. The molecule has 0 rings (SSSR count). The van der Waals surface area contributed by atoms with Gasteiger partial charge in [0, 0.05) is 0 Å². The summed E-state index contributed by atoms with van der Waals surface area (Å²) in [5.41, 5.74) is 1.55. The highest BCUT2D eigenvalue weighted by atomic mass is 16.5. The molecule has 4 nitrogen and oxygen atoms in total. The first-order valence-electron chi connectivity index (χ1n) is 2.89. The fraction of sp³-hybridized carbons (Fsp3) is 0.800. The third kappa shape index (κ3) is 3.05. The predicted molar refractivity (Wildman–Crippen MR) is 33.1 cm³/mol. The molecule has 4 heteroatoms. The summed E-state index contributed by atoms with van der Waals surface area (Å²) in [4.78, 5) is 10.5. The smallest absolute Gasteiger partial charge is 0.260 e. The topological polar surface area (TPSA) is 61.4 Å². The Bertz CT molecular complexity index is 95.0. The van der Waals surface area contributed by atoms with Crippen molar-refractivity contribution in [1.82, 2.24) is 10.8 Å². The van der Waals surface area contributed by atoms with E-state index < -0.39 is 5.91 Å². The normalized spacial score (nSPS) is 12.8. The van der Waals surface area contributed by atoms with E-state index >= 15 is 0 Å². The molecule has 0 aliphatic heterocycles. The van der Waals surface area contributed by atoms with Crippen molar-refractivity contribution >= 4 is 5.91 Å². The number of carbonyl (C=O) groups excluding carboxylic acids is 1. The van der Waals surface area contributed by atoms with Crippen LogP contribution in [-0.4, -0.2) is 23.7 Å². The van der Waals surface area contributed by atoms with E-state index in [4.69, 9.17) is 5.21 Å². The fourth-order valence-corrected chi connectivity index (χ4v) is 0.496. The van der Waals surface area contributed by atoms with Crippen LogP contribution >= 0.6 is 0 Å². The van der Waals surface area contributed by atoms with Gasteiger partial charge in [-0.1, -0.05) is 6.92 Å². The maximum absolute atomic E-state index is 10.5. The predicted octanol–water partition coefficient (Wildman–Crippen LogP) is -0.510. The van der Waals surface area contributed by atoms with E-state index in [1.807, 2.05) is 6.92 Å². The lowest BCUT2D eigenvalue weighted by atomic mass is 10.3. The molecule has 9 heavy (non-hydrogen) atoms. The van der Waals surface area contributed by atoms with Crippen LogP contribution in [-0.2, 0) is 4.79 Å². The second-order valence-electron chi connectivity index (χ2n) is 1.76. The summed E-state index contributed by atoms with van der Waals surface area (Å²) in [6, 6.07) is -0.319. The maximum atomic E-state index is 10.5. The minimum absolute atomic E-state index is 0.319. The second kappa shape index (κ2) is 4.29. The van der Waals surface area contributed by atoms with Gasteiger partial charge in [-0.2, -0.15) is 0 Å². The highest BCUT2D eigenvalue weighted by molar-refractivity contribution is 5.79. The van der Waals surface area contributed by atoms with Crippen molar-refractivity contribution in [2.75, 3.05) is 6.54 Å². The van der Waals surface area contributed by atoms with Crippen LogP contribution in [0.1, 0.15) is 13.8 Å². The fourth-order valence-electron chi connectivity index (χ4n) is 0.496. The first-order chi connectivity index (χ1) is 4.22. The van der Waals surface area contributed by atoms with Gasteiger partial charge in [-0.3, -0.25) is 10.0 Å². The van der Waals surface area contributed by atoms with Crippen molar-refractivity contribution in [3.05, 3.63) is 0 Å². The number of nitrogens with one attached hydrogen (secondary N) is 2. The average Bonchev–Trinajstić information content (AvgIpc) is 1.87. The van der Waals surface area contributed by atoms with Gasteiger partial charge in [0.05, 0.1) is 6.04 Å². The molecule has 0 radical (unpaired) electrons. The van der Waals surface area contributed by atoms with Crippen molar-refractivity contribution in [3.8, 4) is 0 Å². The molecular formula is C5H12N2O2. The molecule has 0 bridgehead atoms. The second-order valence-corrected chi connectivity index (χ2v) is 1.76. The van der Waals surface area contributed by atoms with Crippen LogP contribution in [0.15, 0.2) is 0 Å². The van der Waals surface area contributed by atoms with Crippen molar-refractivity contribution in [3.63, 3.8) is 0 Å². The van der Waals surface area contributed by atoms with Gasteiger partial charge in [0.25, 0.3) is 5.91 Å². The Labute approximate surface area is 54.2 Å². The van der Waals surface area contributed by atoms with Gasteiger partial charge in [-0.05, 0) is 13.5 Å². The highest BCUT2D eigenvalue weighted by Crippen LogP contribution is 1.77. The summed E-state index contributed by atoms with van der Waals surface area (Å²) in [5.74, 6) is -0.406. The van der Waals surface area contributed by atoms with Gasteiger partial charge >= 0.3 is 0 Å². The van der Waals surface area contributed by atoms with Crippen LogP contribution in [0.2, 0.25) is 0 Å². The first-order valence-corrected chi connectivity index (χ1v) is 2.89. The van der Waals surface area contributed by atoms with Crippen LogP contribution in [0.3, 0.4) is 0 Å². The van der Waals surface area contributed by atoms with Crippen LogP contribution < -0.4 is 10.8 Å². The highest BCUT2D eigenvalue weighted by Gasteiger charge is 2.07. The number of hydrogen-bond acceptors (Lipinski definition) is 3. The van der Waals surface area contributed by atoms with E-state index in [0.29, 0.717) is 6.54 Å². The molecule has 0 aromatic rings. The molecule has 0 fully saturated rings. The molecule has 54 valence electrons. The Kier molecular flexibility index (Phi) is 4.00. The molecule has 0 aromatic heterocycles. The zero-order chi connectivity index (χ0) is 7.28. The molecule has 0 aliphatic rings. The van der Waals surface area contributed by atoms with Gasteiger partial charge in [-0.15, -0.1) is 0 Å². The van der Waals surface area contributed by atoms with Gasteiger partial charge in [0.1, 0.15) is 0 Å². The zero-order valence-electron chi connectivity index (χ0n) is 5.64. The van der Waals surface area contributed by atoms with Crippen LogP contribution in [0.25, 0.3) is 0 Å². The van der Waals surface area contributed by atoms with E-state index in [1.54, 1.807) is 12.4 Å². The molecule has 0 aromatic carbocycles. The summed E-state index contributed by atoms with van der Waals surface area (Å²) >= 11 is 0. The molecule has 0 saturated heterocycles. The number of carbonyl (C=O) groups is 1. The van der Waals surface area contributed by atoms with Crippen molar-refractivity contribution < 1.29 is 10.0 Å². The van der Waals surface area contributed by atoms with E-state index in [0.717, 1.165) is 0 Å². The van der Waals surface area contributed by atoms with Crippen molar-refractivity contribution in [2.45, 2.75) is 19.9 Å². The lowest BCUT2D eigenvalue weighted by molar-refractivity contribution is -0.130. The largest absolute Gasteiger partial charge is 0.306 e. The van der Waals surface area contributed by atoms with Crippen LogP contribution in [0.4, 0.5) is 0 Å². The Morgan fingerprint density at radius 1 is 1.78 bits per heavy atom. The number of rotatable bonds is 3. The molecule has 0 unspecified atom stereocenters. The number of hydroxylamine groups is 1. The lowest BCUT2D eigenvalue weighted by Crippen LogP contribution is -2.40. The summed E-state index contributed by atoms with van der Waals surface area (Å²) in [6.45, 7) is 4.28. The van der Waals surface area contributed by atoms with Gasteiger partial charge < -0.3 is 5.32 Å². The lowest BCUT2D eigenvalue weighted by Gasteiger charge is -2.07. The van der Waals surface area contributed by atoms with Gasteiger partial charge in [0.2, 0.25) is 0 Å². The van der Waals surface area contributed by atoms with Crippen molar-refractivity contribution in [2.24, 2.45) is 0 Å². The van der Waals surface area contributed by atoms with E-state index in [2.05, 4.69) is 5.32 Å². The number of amides is 1. The van der Waals surface area contributed by atoms with Crippen LogP contribution in [0.5, 0.6) is 0 Å². The summed E-state index contributed by atoms with van der Waals surface area (Å²) in [5, 5.41) is 10.9. The zero-order valence-corrected chi connectivity index (χ0v) is 5.64. The van der Waals surface area contributed by atoms with Gasteiger partial charge in [-0.25, -0.2) is 5.48 Å². The molecule has 0 spiro atoms. The molecular weight excluding hydrogens is 120 g/mol. The Balaban J connectivity index is 3.45. The average molecular weight is 132 g/mol.